The summed E-state index contributed by atoms with van der Waals surface area (Å²) in [5.41, 5.74) is 10.7. The smallest absolute Gasteiger partial charge is 0.328 e. The highest BCUT2D eigenvalue weighted by Gasteiger charge is 2.36. The van der Waals surface area contributed by atoms with Crippen molar-refractivity contribution in [3.05, 3.63) is 0 Å². The summed E-state index contributed by atoms with van der Waals surface area (Å²) in [6.45, 7) is 6.73. The zero-order valence-electron chi connectivity index (χ0n) is 24.1. The van der Waals surface area contributed by atoms with Crippen molar-refractivity contribution in [3.8, 4) is 0 Å². The Bertz CT molecular complexity index is 935. The summed E-state index contributed by atoms with van der Waals surface area (Å²) in [6.07, 6.45) is -0.544. The molecule has 1 fully saturated rings. The van der Waals surface area contributed by atoms with E-state index >= 15 is 0 Å². The number of nitrogens with zero attached hydrogens (tertiary/aromatic N) is 1. The average Bonchev–Trinajstić information content (AvgIpc) is 3.44. The first-order valence-corrected chi connectivity index (χ1v) is 13.8. The van der Waals surface area contributed by atoms with Crippen LogP contribution in [0, 0.1) is 5.92 Å². The molecule has 0 bridgehead atoms. The molecule has 0 aliphatic carbocycles. The number of guanidine groups is 1. The van der Waals surface area contributed by atoms with Crippen molar-refractivity contribution < 1.29 is 39.3 Å². The van der Waals surface area contributed by atoms with Crippen LogP contribution in [0.25, 0.3) is 0 Å². The summed E-state index contributed by atoms with van der Waals surface area (Å²) in [5.74, 6) is -4.95. The van der Waals surface area contributed by atoms with Crippen LogP contribution >= 0.6 is 0 Å². The fraction of sp³-hybridized carbons (Fsp3) is 0.760. The topological polar surface area (TPSA) is 271 Å². The van der Waals surface area contributed by atoms with E-state index in [-0.39, 0.29) is 24.8 Å². The minimum Gasteiger partial charge on any atom is -0.480 e. The maximum Gasteiger partial charge on any atom is 0.328 e. The first kappa shape index (κ1) is 35.5. The predicted octanol–water partition coefficient (Wildman–Crippen LogP) is -3.38. The van der Waals surface area contributed by atoms with Gasteiger partial charge in [0.2, 0.25) is 23.6 Å². The van der Waals surface area contributed by atoms with Crippen molar-refractivity contribution in [2.45, 2.75) is 102 Å². The van der Waals surface area contributed by atoms with Gasteiger partial charge in [-0.05, 0) is 52.0 Å². The monoisotopic (exact) mass is 586 g/mol. The molecule has 41 heavy (non-hydrogen) atoms. The van der Waals surface area contributed by atoms with Gasteiger partial charge in [0, 0.05) is 6.54 Å². The number of carboxylic acid groups (broad SMARTS) is 1. The Hall–Kier alpha value is -3.50. The number of aliphatic carboxylic acids is 1. The molecule has 0 saturated carbocycles. The van der Waals surface area contributed by atoms with E-state index in [1.165, 1.54) is 13.8 Å². The van der Waals surface area contributed by atoms with E-state index in [1.807, 2.05) is 0 Å². The van der Waals surface area contributed by atoms with E-state index in [1.54, 1.807) is 13.8 Å². The first-order chi connectivity index (χ1) is 19.2. The van der Waals surface area contributed by atoms with Gasteiger partial charge in [-0.3, -0.25) is 24.2 Å². The summed E-state index contributed by atoms with van der Waals surface area (Å²) >= 11 is 0. The van der Waals surface area contributed by atoms with Gasteiger partial charge in [0.25, 0.3) is 0 Å². The van der Waals surface area contributed by atoms with Crippen molar-refractivity contribution in [1.82, 2.24) is 26.6 Å². The third kappa shape index (κ3) is 11.9. The van der Waals surface area contributed by atoms with Gasteiger partial charge in [-0.1, -0.05) is 20.3 Å². The second-order valence-corrected chi connectivity index (χ2v) is 10.3. The van der Waals surface area contributed by atoms with E-state index in [2.05, 4.69) is 31.6 Å². The normalized spacial score (nSPS) is 19.8. The Balaban J connectivity index is 3.07. The Morgan fingerprint density at radius 1 is 0.902 bits per heavy atom. The molecule has 0 aromatic carbocycles. The van der Waals surface area contributed by atoms with E-state index in [0.717, 1.165) is 6.42 Å². The summed E-state index contributed by atoms with van der Waals surface area (Å²) in [5, 5.41) is 42.2. The molecule has 0 unspecified atom stereocenters. The molecular weight excluding hydrogens is 540 g/mol. The zero-order chi connectivity index (χ0) is 31.3. The van der Waals surface area contributed by atoms with Crippen LogP contribution in [0.4, 0.5) is 0 Å². The fourth-order valence-electron chi connectivity index (χ4n) is 4.19. The molecule has 0 aromatic heterocycles. The largest absolute Gasteiger partial charge is 0.480 e. The number of hydrogen-bond acceptors (Lipinski definition) is 9. The molecule has 1 aliphatic rings. The van der Waals surface area contributed by atoms with Gasteiger partial charge in [0.15, 0.2) is 12.0 Å². The molecule has 1 aliphatic heterocycles. The highest BCUT2D eigenvalue weighted by Crippen LogP contribution is 2.11. The number of aliphatic hydroxyl groups excluding tert-OH is 2. The lowest BCUT2D eigenvalue weighted by molar-refractivity contribution is -0.145. The number of rotatable bonds is 17. The molecule has 16 heteroatoms. The van der Waals surface area contributed by atoms with E-state index < -0.39 is 72.0 Å². The Morgan fingerprint density at radius 2 is 1.46 bits per heavy atom. The van der Waals surface area contributed by atoms with E-state index in [9.17, 15) is 39.3 Å². The van der Waals surface area contributed by atoms with E-state index in [0.29, 0.717) is 25.8 Å². The van der Waals surface area contributed by atoms with Crippen LogP contribution in [0.1, 0.15) is 59.8 Å². The van der Waals surface area contributed by atoms with Crippen molar-refractivity contribution in [1.29, 1.82) is 0 Å². The number of nitrogens with one attached hydrogen (secondary N) is 5. The van der Waals surface area contributed by atoms with E-state index in [4.69, 9.17) is 11.5 Å². The fourth-order valence-corrected chi connectivity index (χ4v) is 4.19. The molecular formula is C25H46N8O8. The molecule has 8 atom stereocenters. The lowest BCUT2D eigenvalue weighted by atomic mass is 9.96. The van der Waals surface area contributed by atoms with Gasteiger partial charge < -0.3 is 53.4 Å². The van der Waals surface area contributed by atoms with Gasteiger partial charge in [-0.15, -0.1) is 0 Å². The second-order valence-electron chi connectivity index (χ2n) is 10.3. The second kappa shape index (κ2) is 17.3. The SMILES string of the molecule is CC[C@H](C)[C@H](NC(=O)[C@@H](NC(=O)[C@H](CCCN=C(N)N)NC(=O)[C@@H]1CCCN1)[C@@H](C)O)C(=O)N[C@H](C(=O)O)[C@@H](C)O. The quantitative estimate of drug-likeness (QED) is 0.0456. The third-order valence-corrected chi connectivity index (χ3v) is 6.86. The lowest BCUT2D eigenvalue weighted by Crippen LogP contribution is -2.62. The number of carbonyl (C=O) groups is 5. The predicted molar refractivity (Wildman–Crippen MR) is 149 cm³/mol. The van der Waals surface area contributed by atoms with Gasteiger partial charge in [-0.25, -0.2) is 4.79 Å². The number of aliphatic imine (C=N–C) groups is 1. The van der Waals surface area contributed by atoms with Gasteiger partial charge in [0.05, 0.1) is 18.2 Å². The number of nitrogens with two attached hydrogens (primary N) is 2. The Labute approximate surface area is 239 Å². The Morgan fingerprint density at radius 3 is 1.95 bits per heavy atom. The number of amides is 4. The lowest BCUT2D eigenvalue weighted by Gasteiger charge is -2.30. The highest BCUT2D eigenvalue weighted by atomic mass is 16.4. The van der Waals surface area contributed by atoms with Crippen LogP contribution in [0.15, 0.2) is 4.99 Å². The molecule has 0 spiro atoms. The maximum atomic E-state index is 13.3. The van der Waals surface area contributed by atoms with Crippen LogP contribution in [0.5, 0.6) is 0 Å². The number of carbonyl (C=O) groups excluding carboxylic acids is 4. The first-order valence-electron chi connectivity index (χ1n) is 13.8. The van der Waals surface area contributed by atoms with Gasteiger partial charge in [0.1, 0.15) is 18.1 Å². The number of aliphatic hydroxyl groups is 2. The molecule has 4 amide bonds. The van der Waals surface area contributed by atoms with Crippen LogP contribution in [-0.2, 0) is 24.0 Å². The third-order valence-electron chi connectivity index (χ3n) is 6.86. The van der Waals surface area contributed by atoms with Crippen LogP contribution in [-0.4, -0.2) is 106 Å². The molecule has 0 aromatic rings. The van der Waals surface area contributed by atoms with Crippen molar-refractivity contribution in [3.63, 3.8) is 0 Å². The zero-order valence-corrected chi connectivity index (χ0v) is 24.1. The maximum absolute atomic E-state index is 13.3. The van der Waals surface area contributed by atoms with Crippen molar-refractivity contribution in [2.24, 2.45) is 22.4 Å². The minimum absolute atomic E-state index is 0.126. The highest BCUT2D eigenvalue weighted by molar-refractivity contribution is 5.95. The molecule has 1 saturated heterocycles. The summed E-state index contributed by atoms with van der Waals surface area (Å²) in [6, 6.07) is -5.92. The summed E-state index contributed by atoms with van der Waals surface area (Å²) in [7, 11) is 0. The van der Waals surface area contributed by atoms with Crippen LogP contribution in [0.3, 0.4) is 0 Å². The van der Waals surface area contributed by atoms with Crippen LogP contribution < -0.4 is 38.1 Å². The standard InChI is InChI=1S/C25H46N8O8/c1-5-12(2)17(22(38)33-19(14(4)35)24(40)41)31-23(39)18(13(3)34)32-21(37)16(9-7-11-29-25(26)27)30-20(36)15-8-6-10-28-15/h12-19,28,34-35H,5-11H2,1-4H3,(H,30,36)(H,31,39)(H,32,37)(H,33,38)(H,40,41)(H4,26,27,29)/t12-,13+,14+,15-,16-,17-,18-,19-/m0/s1. The van der Waals surface area contributed by atoms with Crippen molar-refractivity contribution in [2.75, 3.05) is 13.1 Å². The molecule has 0 radical (unpaired) electrons. The van der Waals surface area contributed by atoms with Gasteiger partial charge in [-0.2, -0.15) is 0 Å². The Kier molecular flexibility index (Phi) is 15.0. The number of carboxylic acids is 1. The van der Waals surface area contributed by atoms with Crippen LogP contribution in [0.2, 0.25) is 0 Å². The van der Waals surface area contributed by atoms with Gasteiger partial charge >= 0.3 is 5.97 Å². The molecule has 234 valence electrons. The summed E-state index contributed by atoms with van der Waals surface area (Å²) in [4.78, 5) is 67.4. The minimum atomic E-state index is -1.61. The molecule has 1 heterocycles. The van der Waals surface area contributed by atoms with Crippen molar-refractivity contribution >= 4 is 35.6 Å². The average molecular weight is 587 g/mol. The molecule has 16 nitrogen and oxygen atoms in total. The number of hydrogen-bond donors (Lipinski definition) is 10. The molecule has 1 rings (SSSR count). The molecule has 12 N–H and O–H groups in total. The summed E-state index contributed by atoms with van der Waals surface area (Å²) < 4.78 is 0.